The molecule has 2 atom stereocenters. The van der Waals surface area contributed by atoms with Gasteiger partial charge in [0, 0.05) is 18.4 Å². The van der Waals surface area contributed by atoms with Gasteiger partial charge in [0.25, 0.3) is 0 Å². The molecule has 0 bridgehead atoms. The third-order valence-corrected chi connectivity index (χ3v) is 3.91. The quantitative estimate of drug-likeness (QED) is 0.538. The van der Waals surface area contributed by atoms with E-state index in [1.54, 1.807) is 0 Å². The second-order valence-electron chi connectivity index (χ2n) is 7.33. The number of allylic oxidation sites excluding steroid dienone is 1. The summed E-state index contributed by atoms with van der Waals surface area (Å²) in [7, 11) is 1.90. The van der Waals surface area contributed by atoms with Crippen LogP contribution in [-0.2, 0) is 0 Å². The topological polar surface area (TPSA) is 24.1 Å². The first-order chi connectivity index (χ1) is 10.1. The van der Waals surface area contributed by atoms with Gasteiger partial charge in [-0.2, -0.15) is 0 Å². The lowest BCUT2D eigenvalue weighted by Gasteiger charge is -2.21. The molecule has 0 saturated heterocycles. The van der Waals surface area contributed by atoms with Crippen molar-refractivity contribution in [2.75, 3.05) is 7.05 Å². The van der Waals surface area contributed by atoms with E-state index >= 15 is 0 Å². The van der Waals surface area contributed by atoms with Gasteiger partial charge < -0.3 is 10.6 Å². The fraction of sp³-hybridized carbons (Fsp3) is 0.800. The molecular formula is C20H42N2. The summed E-state index contributed by atoms with van der Waals surface area (Å²) in [4.78, 5) is 0. The van der Waals surface area contributed by atoms with Crippen LogP contribution in [0.2, 0.25) is 0 Å². The summed E-state index contributed by atoms with van der Waals surface area (Å²) in [5, 5.41) is 6.46. The molecule has 22 heavy (non-hydrogen) atoms. The third kappa shape index (κ3) is 15.5. The van der Waals surface area contributed by atoms with E-state index in [-0.39, 0.29) is 6.04 Å². The minimum Gasteiger partial charge on any atom is -0.390 e. The summed E-state index contributed by atoms with van der Waals surface area (Å²) in [5.41, 5.74) is 2.12. The van der Waals surface area contributed by atoms with Crippen LogP contribution in [0.3, 0.4) is 0 Å². The molecule has 0 aromatic carbocycles. The normalized spacial score (nSPS) is 13.2. The summed E-state index contributed by atoms with van der Waals surface area (Å²) >= 11 is 0. The Hall–Kier alpha value is -0.920. The first-order valence-corrected chi connectivity index (χ1v) is 8.94. The van der Waals surface area contributed by atoms with Crippen molar-refractivity contribution < 1.29 is 0 Å². The van der Waals surface area contributed by atoms with Gasteiger partial charge in [-0.1, -0.05) is 74.0 Å². The molecule has 2 nitrogen and oxygen atoms in total. The largest absolute Gasteiger partial charge is 0.390 e. The predicted octanol–water partition coefficient (Wildman–Crippen LogP) is 5.73. The number of hydrogen-bond acceptors (Lipinski definition) is 2. The van der Waals surface area contributed by atoms with Crippen molar-refractivity contribution in [2.45, 2.75) is 80.2 Å². The fourth-order valence-electron chi connectivity index (χ4n) is 1.81. The standard InChI is InChI=1S/C15H30N2.C5H12/c1-11(2)8-9-12(3)10-13(4)17-15(6)14(5)16-7;1-4-5(2)3/h11-12,15-17H,4-5,8-10H2,1-3,6-7H3;5H,4H2,1-3H3. The summed E-state index contributed by atoms with van der Waals surface area (Å²) in [6, 6.07) is 0.241. The highest BCUT2D eigenvalue weighted by molar-refractivity contribution is 5.06. The molecule has 0 fully saturated rings. The van der Waals surface area contributed by atoms with Crippen LogP contribution in [0.15, 0.2) is 24.6 Å². The van der Waals surface area contributed by atoms with Crippen LogP contribution >= 0.6 is 0 Å². The average Bonchev–Trinajstić information content (AvgIpc) is 2.44. The lowest BCUT2D eigenvalue weighted by atomic mass is 9.95. The Morgan fingerprint density at radius 1 is 0.909 bits per heavy atom. The first kappa shape index (κ1) is 23.3. The summed E-state index contributed by atoms with van der Waals surface area (Å²) in [6.45, 7) is 23.6. The van der Waals surface area contributed by atoms with E-state index < -0.39 is 0 Å². The van der Waals surface area contributed by atoms with Crippen molar-refractivity contribution in [3.8, 4) is 0 Å². The van der Waals surface area contributed by atoms with Crippen LogP contribution in [0.1, 0.15) is 74.1 Å². The van der Waals surface area contributed by atoms with E-state index in [4.69, 9.17) is 0 Å². The van der Waals surface area contributed by atoms with Crippen LogP contribution in [0.25, 0.3) is 0 Å². The van der Waals surface area contributed by atoms with Gasteiger partial charge in [0.15, 0.2) is 0 Å². The number of likely N-dealkylation sites (N-methyl/N-ethyl adjacent to an activating group) is 1. The molecule has 0 rings (SSSR count). The molecule has 132 valence electrons. The molecule has 0 amide bonds. The summed E-state index contributed by atoms with van der Waals surface area (Å²) < 4.78 is 0. The van der Waals surface area contributed by atoms with Gasteiger partial charge in [0.1, 0.15) is 0 Å². The molecule has 0 aliphatic heterocycles. The van der Waals surface area contributed by atoms with Gasteiger partial charge in [-0.15, -0.1) is 0 Å². The molecule has 0 aromatic heterocycles. The van der Waals surface area contributed by atoms with Crippen LogP contribution < -0.4 is 10.6 Å². The van der Waals surface area contributed by atoms with Crippen molar-refractivity contribution in [1.29, 1.82) is 0 Å². The minimum atomic E-state index is 0.241. The smallest absolute Gasteiger partial charge is 0.0622 e. The maximum absolute atomic E-state index is 4.10. The predicted molar refractivity (Wildman–Crippen MR) is 103 cm³/mol. The fourth-order valence-corrected chi connectivity index (χ4v) is 1.81. The van der Waals surface area contributed by atoms with E-state index in [0.717, 1.165) is 29.7 Å². The van der Waals surface area contributed by atoms with E-state index in [0.29, 0.717) is 5.92 Å². The number of hydrogen-bond donors (Lipinski definition) is 2. The highest BCUT2D eigenvalue weighted by Gasteiger charge is 2.09. The molecule has 2 heteroatoms. The summed E-state index contributed by atoms with van der Waals surface area (Å²) in [5.74, 6) is 2.38. The maximum atomic E-state index is 4.10. The van der Waals surface area contributed by atoms with Gasteiger partial charge in [-0.05, 0) is 31.1 Å². The van der Waals surface area contributed by atoms with Crippen LogP contribution in [0.5, 0.6) is 0 Å². The minimum absolute atomic E-state index is 0.241. The number of nitrogens with one attached hydrogen (secondary N) is 2. The van der Waals surface area contributed by atoms with Crippen molar-refractivity contribution in [2.24, 2.45) is 17.8 Å². The number of rotatable bonds is 10. The highest BCUT2D eigenvalue weighted by atomic mass is 15.0. The molecule has 0 saturated carbocycles. The van der Waals surface area contributed by atoms with Crippen molar-refractivity contribution in [1.82, 2.24) is 10.6 Å². The second-order valence-corrected chi connectivity index (χ2v) is 7.33. The lowest BCUT2D eigenvalue weighted by molar-refractivity contribution is 0.437. The second kappa shape index (κ2) is 13.7. The summed E-state index contributed by atoms with van der Waals surface area (Å²) in [6.07, 6.45) is 4.93. The Bertz CT molecular complexity index is 292. The monoisotopic (exact) mass is 310 g/mol. The van der Waals surface area contributed by atoms with Crippen molar-refractivity contribution in [3.05, 3.63) is 24.6 Å². The molecule has 0 aliphatic rings. The highest BCUT2D eigenvalue weighted by Crippen LogP contribution is 2.17. The van der Waals surface area contributed by atoms with Crippen molar-refractivity contribution in [3.63, 3.8) is 0 Å². The van der Waals surface area contributed by atoms with E-state index in [1.165, 1.54) is 19.3 Å². The molecule has 0 heterocycles. The zero-order valence-electron chi connectivity index (χ0n) is 16.6. The van der Waals surface area contributed by atoms with Gasteiger partial charge in [-0.25, -0.2) is 0 Å². The Morgan fingerprint density at radius 2 is 1.41 bits per heavy atom. The van der Waals surface area contributed by atoms with Gasteiger partial charge in [0.2, 0.25) is 0 Å². The van der Waals surface area contributed by atoms with E-state index in [9.17, 15) is 0 Å². The van der Waals surface area contributed by atoms with Crippen LogP contribution in [-0.4, -0.2) is 13.1 Å². The Morgan fingerprint density at radius 3 is 1.77 bits per heavy atom. The molecule has 0 aromatic rings. The van der Waals surface area contributed by atoms with Crippen LogP contribution in [0.4, 0.5) is 0 Å². The Labute approximate surface area is 140 Å². The molecule has 2 N–H and O–H groups in total. The first-order valence-electron chi connectivity index (χ1n) is 8.94. The van der Waals surface area contributed by atoms with E-state index in [2.05, 4.69) is 72.3 Å². The van der Waals surface area contributed by atoms with Gasteiger partial charge in [-0.3, -0.25) is 0 Å². The molecule has 0 aliphatic carbocycles. The lowest BCUT2D eigenvalue weighted by Crippen LogP contribution is -2.32. The third-order valence-electron chi connectivity index (χ3n) is 3.91. The van der Waals surface area contributed by atoms with Crippen LogP contribution in [0, 0.1) is 17.8 Å². The maximum Gasteiger partial charge on any atom is 0.0622 e. The molecule has 0 spiro atoms. The Kier molecular flexibility index (Phi) is 14.6. The van der Waals surface area contributed by atoms with Gasteiger partial charge >= 0.3 is 0 Å². The van der Waals surface area contributed by atoms with Gasteiger partial charge in [0.05, 0.1) is 6.04 Å². The Balaban J connectivity index is 0. The molecule has 0 radical (unpaired) electrons. The molecule has 2 unspecified atom stereocenters. The average molecular weight is 311 g/mol. The SMILES string of the molecule is C=C(CC(C)CCC(C)C)NC(C)C(=C)NC.CCC(C)C. The molecular weight excluding hydrogens is 268 g/mol. The van der Waals surface area contributed by atoms with E-state index in [1.807, 2.05) is 7.05 Å². The van der Waals surface area contributed by atoms with Crippen molar-refractivity contribution >= 4 is 0 Å². The zero-order chi connectivity index (χ0) is 17.7. The zero-order valence-corrected chi connectivity index (χ0v) is 16.6.